The molecule has 2 heterocycles. The Bertz CT molecular complexity index is 748. The molecule has 20 heavy (non-hydrogen) atoms. The highest BCUT2D eigenvalue weighted by atomic mass is 32.1. The van der Waals surface area contributed by atoms with Crippen molar-refractivity contribution >= 4 is 21.6 Å². The van der Waals surface area contributed by atoms with E-state index in [1.807, 2.05) is 29.6 Å². The molecule has 0 fully saturated rings. The molecule has 3 aromatic rings. The van der Waals surface area contributed by atoms with E-state index in [2.05, 4.69) is 27.4 Å². The summed E-state index contributed by atoms with van der Waals surface area (Å²) in [7, 11) is 0. The predicted molar refractivity (Wildman–Crippen MR) is 82.1 cm³/mol. The largest absolute Gasteiger partial charge is 0.310 e. The third-order valence-corrected chi connectivity index (χ3v) is 3.99. The number of rotatable bonds is 5. The van der Waals surface area contributed by atoms with E-state index < -0.39 is 0 Å². The molecule has 0 saturated carbocycles. The SMILES string of the molecule is O=c1[nH]c(CNCCc2ccccc2)nc2ccsc12. The van der Waals surface area contributed by atoms with Crippen LogP contribution in [0.3, 0.4) is 0 Å². The topological polar surface area (TPSA) is 57.8 Å². The second-order valence-electron chi connectivity index (χ2n) is 4.56. The van der Waals surface area contributed by atoms with Crippen LogP contribution in [0.25, 0.3) is 10.2 Å². The van der Waals surface area contributed by atoms with Crippen molar-refractivity contribution < 1.29 is 0 Å². The molecular formula is C15H15N3OS. The molecule has 2 aromatic heterocycles. The van der Waals surface area contributed by atoms with Crippen LogP contribution < -0.4 is 10.9 Å². The Morgan fingerprint density at radius 3 is 2.90 bits per heavy atom. The zero-order chi connectivity index (χ0) is 13.8. The summed E-state index contributed by atoms with van der Waals surface area (Å²) in [4.78, 5) is 19.1. The maximum atomic E-state index is 11.8. The first-order valence-corrected chi connectivity index (χ1v) is 7.42. The van der Waals surface area contributed by atoms with Crippen LogP contribution in [0.2, 0.25) is 0 Å². The third-order valence-electron chi connectivity index (χ3n) is 3.09. The summed E-state index contributed by atoms with van der Waals surface area (Å²) in [5.74, 6) is 0.689. The van der Waals surface area contributed by atoms with Gasteiger partial charge in [0.2, 0.25) is 0 Å². The van der Waals surface area contributed by atoms with Gasteiger partial charge in [-0.3, -0.25) is 4.79 Å². The van der Waals surface area contributed by atoms with Crippen molar-refractivity contribution in [3.05, 3.63) is 63.5 Å². The van der Waals surface area contributed by atoms with Crippen LogP contribution in [0.15, 0.2) is 46.6 Å². The van der Waals surface area contributed by atoms with Gasteiger partial charge in [-0.1, -0.05) is 30.3 Å². The van der Waals surface area contributed by atoms with Gasteiger partial charge in [0.25, 0.3) is 5.56 Å². The minimum absolute atomic E-state index is 0.0511. The summed E-state index contributed by atoms with van der Waals surface area (Å²) in [6.45, 7) is 1.43. The zero-order valence-electron chi connectivity index (χ0n) is 10.9. The first kappa shape index (κ1) is 13.0. The van der Waals surface area contributed by atoms with Crippen molar-refractivity contribution in [1.29, 1.82) is 0 Å². The van der Waals surface area contributed by atoms with Crippen molar-refractivity contribution in [2.75, 3.05) is 6.54 Å². The molecule has 102 valence electrons. The molecule has 0 radical (unpaired) electrons. The minimum atomic E-state index is -0.0511. The van der Waals surface area contributed by atoms with Crippen LogP contribution >= 0.6 is 11.3 Å². The molecule has 0 unspecified atom stereocenters. The first-order chi connectivity index (χ1) is 9.83. The van der Waals surface area contributed by atoms with Crippen molar-refractivity contribution in [3.8, 4) is 0 Å². The van der Waals surface area contributed by atoms with Gasteiger partial charge in [0.15, 0.2) is 0 Å². The number of hydrogen-bond acceptors (Lipinski definition) is 4. The highest BCUT2D eigenvalue weighted by molar-refractivity contribution is 7.17. The second kappa shape index (κ2) is 5.98. The Labute approximate surface area is 120 Å². The summed E-state index contributed by atoms with van der Waals surface area (Å²) >= 11 is 1.42. The van der Waals surface area contributed by atoms with Gasteiger partial charge >= 0.3 is 0 Å². The van der Waals surface area contributed by atoms with Crippen molar-refractivity contribution in [3.63, 3.8) is 0 Å². The van der Waals surface area contributed by atoms with Gasteiger partial charge in [-0.25, -0.2) is 4.98 Å². The lowest BCUT2D eigenvalue weighted by Crippen LogP contribution is -2.21. The highest BCUT2D eigenvalue weighted by Gasteiger charge is 2.04. The predicted octanol–water partition coefficient (Wildman–Crippen LogP) is 2.32. The summed E-state index contributed by atoms with van der Waals surface area (Å²) < 4.78 is 0.693. The number of benzene rings is 1. The van der Waals surface area contributed by atoms with Gasteiger partial charge in [-0.2, -0.15) is 0 Å². The summed E-state index contributed by atoms with van der Waals surface area (Å²) in [6, 6.07) is 12.2. The average molecular weight is 285 g/mol. The van der Waals surface area contributed by atoms with Crippen LogP contribution in [-0.2, 0) is 13.0 Å². The Hall–Kier alpha value is -1.98. The fraction of sp³-hybridized carbons (Fsp3) is 0.200. The summed E-state index contributed by atoms with van der Waals surface area (Å²) in [6.07, 6.45) is 0.964. The number of hydrogen-bond donors (Lipinski definition) is 2. The molecule has 0 spiro atoms. The number of nitrogens with zero attached hydrogens (tertiary/aromatic N) is 1. The Morgan fingerprint density at radius 2 is 2.05 bits per heavy atom. The number of aromatic amines is 1. The standard InChI is InChI=1S/C15H15N3OS/c19-15-14-12(7-9-20-14)17-13(18-15)10-16-8-6-11-4-2-1-3-5-11/h1-5,7,9,16H,6,8,10H2,(H,17,18,19). The molecular weight excluding hydrogens is 270 g/mol. The van der Waals surface area contributed by atoms with Crippen molar-refractivity contribution in [2.45, 2.75) is 13.0 Å². The first-order valence-electron chi connectivity index (χ1n) is 6.54. The third kappa shape index (κ3) is 2.95. The monoisotopic (exact) mass is 285 g/mol. The number of aromatic nitrogens is 2. The van der Waals surface area contributed by atoms with Gasteiger partial charge in [0.1, 0.15) is 10.5 Å². The van der Waals surface area contributed by atoms with Gasteiger partial charge in [0, 0.05) is 0 Å². The van der Waals surface area contributed by atoms with E-state index in [4.69, 9.17) is 0 Å². The van der Waals surface area contributed by atoms with Gasteiger partial charge in [-0.05, 0) is 30.0 Å². The van der Waals surface area contributed by atoms with Crippen LogP contribution in [-0.4, -0.2) is 16.5 Å². The van der Waals surface area contributed by atoms with E-state index in [1.54, 1.807) is 0 Å². The molecule has 4 nitrogen and oxygen atoms in total. The quantitative estimate of drug-likeness (QED) is 0.707. The molecule has 0 amide bonds. The van der Waals surface area contributed by atoms with Crippen molar-refractivity contribution in [2.24, 2.45) is 0 Å². The van der Waals surface area contributed by atoms with E-state index in [1.165, 1.54) is 16.9 Å². The van der Waals surface area contributed by atoms with Crippen LogP contribution in [0.4, 0.5) is 0 Å². The molecule has 3 rings (SSSR count). The van der Waals surface area contributed by atoms with Crippen LogP contribution in [0.1, 0.15) is 11.4 Å². The summed E-state index contributed by atoms with van der Waals surface area (Å²) in [5, 5.41) is 5.19. The maximum Gasteiger partial charge on any atom is 0.268 e. The Morgan fingerprint density at radius 1 is 1.20 bits per heavy atom. The second-order valence-corrected chi connectivity index (χ2v) is 5.48. The van der Waals surface area contributed by atoms with Crippen LogP contribution in [0.5, 0.6) is 0 Å². The number of nitrogens with one attached hydrogen (secondary N) is 2. The average Bonchev–Trinajstić information content (AvgIpc) is 2.94. The zero-order valence-corrected chi connectivity index (χ0v) is 11.7. The Kier molecular flexibility index (Phi) is 3.90. The smallest absolute Gasteiger partial charge is 0.268 e. The van der Waals surface area contributed by atoms with Gasteiger partial charge < -0.3 is 10.3 Å². The number of thiophene rings is 1. The fourth-order valence-corrected chi connectivity index (χ4v) is 2.82. The number of fused-ring (bicyclic) bond motifs is 1. The van der Waals surface area contributed by atoms with Gasteiger partial charge in [-0.15, -0.1) is 11.3 Å². The molecule has 0 saturated heterocycles. The molecule has 0 aliphatic rings. The fourth-order valence-electron chi connectivity index (χ4n) is 2.09. The normalized spacial score (nSPS) is 11.0. The minimum Gasteiger partial charge on any atom is -0.310 e. The van der Waals surface area contributed by atoms with Gasteiger partial charge in [0.05, 0.1) is 12.1 Å². The molecule has 0 atom stereocenters. The van der Waals surface area contributed by atoms with E-state index >= 15 is 0 Å². The molecule has 2 N–H and O–H groups in total. The van der Waals surface area contributed by atoms with Crippen molar-refractivity contribution in [1.82, 2.24) is 15.3 Å². The lowest BCUT2D eigenvalue weighted by molar-refractivity contribution is 0.660. The van der Waals surface area contributed by atoms with E-state index in [-0.39, 0.29) is 5.56 Å². The number of H-pyrrole nitrogens is 1. The molecule has 0 bridgehead atoms. The lowest BCUT2D eigenvalue weighted by Gasteiger charge is -2.04. The van der Waals surface area contributed by atoms with E-state index in [0.29, 0.717) is 17.1 Å². The Balaban J connectivity index is 1.58. The van der Waals surface area contributed by atoms with E-state index in [9.17, 15) is 4.79 Å². The van der Waals surface area contributed by atoms with E-state index in [0.717, 1.165) is 18.5 Å². The maximum absolute atomic E-state index is 11.8. The van der Waals surface area contributed by atoms with Crippen LogP contribution in [0, 0.1) is 0 Å². The molecule has 0 aliphatic carbocycles. The molecule has 1 aromatic carbocycles. The molecule has 0 aliphatic heterocycles. The summed E-state index contributed by atoms with van der Waals surface area (Å²) in [5.41, 5.74) is 2.03. The highest BCUT2D eigenvalue weighted by Crippen LogP contribution is 2.13. The lowest BCUT2D eigenvalue weighted by atomic mass is 10.1. The molecule has 5 heteroatoms.